The first kappa shape index (κ1) is 10.6. The predicted molar refractivity (Wildman–Crippen MR) is 63.5 cm³/mol. The molecule has 0 spiro atoms. The molecule has 0 radical (unpaired) electrons. The maximum atomic E-state index is 5.83. The van der Waals surface area contributed by atoms with Crippen molar-refractivity contribution in [3.8, 4) is 5.82 Å². The van der Waals surface area contributed by atoms with Gasteiger partial charge < -0.3 is 0 Å². The molecular weight excluding hydrogens is 277 g/mol. The molecule has 0 aliphatic heterocycles. The molecule has 0 saturated carbocycles. The van der Waals surface area contributed by atoms with Crippen LogP contribution in [0.25, 0.3) is 5.82 Å². The van der Waals surface area contributed by atoms with Gasteiger partial charge in [-0.1, -0.05) is 11.6 Å². The van der Waals surface area contributed by atoms with Gasteiger partial charge in [0.2, 0.25) is 0 Å². The van der Waals surface area contributed by atoms with Crippen molar-refractivity contribution < 1.29 is 0 Å². The molecule has 2 heterocycles. The Morgan fingerprint density at radius 1 is 1.33 bits per heavy atom. The highest BCUT2D eigenvalue weighted by atomic mass is 79.9. The second-order valence-electron chi connectivity index (χ2n) is 3.24. The minimum atomic E-state index is 0.611. The number of aromatic nitrogens is 3. The van der Waals surface area contributed by atoms with Crippen molar-refractivity contribution in [3.05, 3.63) is 39.5 Å². The van der Waals surface area contributed by atoms with Gasteiger partial charge in [0.05, 0.1) is 15.2 Å². The third-order valence-corrected chi connectivity index (χ3v) is 3.06. The van der Waals surface area contributed by atoms with Crippen LogP contribution in [0.4, 0.5) is 0 Å². The van der Waals surface area contributed by atoms with Crippen LogP contribution in [-0.2, 0) is 0 Å². The molecule has 0 fully saturated rings. The van der Waals surface area contributed by atoms with E-state index in [-0.39, 0.29) is 0 Å². The van der Waals surface area contributed by atoms with Crippen molar-refractivity contribution in [1.82, 2.24) is 14.5 Å². The molecule has 3 nitrogen and oxygen atoms in total. The van der Waals surface area contributed by atoms with E-state index < -0.39 is 0 Å². The van der Waals surface area contributed by atoms with Gasteiger partial charge in [-0.15, -0.1) is 0 Å². The normalized spacial score (nSPS) is 10.7. The smallest absolute Gasteiger partial charge is 0.152 e. The molecule has 0 aromatic carbocycles. The van der Waals surface area contributed by atoms with Crippen LogP contribution in [0.1, 0.15) is 11.4 Å². The Morgan fingerprint density at radius 3 is 2.60 bits per heavy atom. The zero-order valence-corrected chi connectivity index (χ0v) is 10.7. The Balaban J connectivity index is 2.59. The van der Waals surface area contributed by atoms with Crippen LogP contribution in [0, 0.1) is 13.8 Å². The highest BCUT2D eigenvalue weighted by Gasteiger charge is 2.09. The average molecular weight is 287 g/mol. The van der Waals surface area contributed by atoms with E-state index in [1.807, 2.05) is 24.5 Å². The largest absolute Gasteiger partial charge is 0.287 e. The van der Waals surface area contributed by atoms with Crippen LogP contribution in [0.5, 0.6) is 0 Å². The Kier molecular flexibility index (Phi) is 2.80. The van der Waals surface area contributed by atoms with Crippen LogP contribution in [0.15, 0.2) is 23.1 Å². The molecule has 0 amide bonds. The van der Waals surface area contributed by atoms with E-state index in [1.165, 1.54) is 0 Å². The topological polar surface area (TPSA) is 30.7 Å². The molecule has 15 heavy (non-hydrogen) atoms. The predicted octanol–water partition coefficient (Wildman–Crippen LogP) is 3.30. The molecule has 0 aliphatic carbocycles. The molecule has 2 aromatic heterocycles. The van der Waals surface area contributed by atoms with Gasteiger partial charge in [0.15, 0.2) is 5.82 Å². The molecule has 0 saturated heterocycles. The Bertz CT molecular complexity index is 507. The first-order valence-electron chi connectivity index (χ1n) is 4.41. The zero-order valence-electron chi connectivity index (χ0n) is 8.33. The van der Waals surface area contributed by atoms with Crippen LogP contribution in [-0.4, -0.2) is 14.5 Å². The van der Waals surface area contributed by atoms with Crippen molar-refractivity contribution in [1.29, 1.82) is 0 Å². The van der Waals surface area contributed by atoms with Gasteiger partial charge >= 0.3 is 0 Å². The summed E-state index contributed by atoms with van der Waals surface area (Å²) in [5.41, 5.74) is 2.07. The number of rotatable bonds is 1. The monoisotopic (exact) mass is 285 g/mol. The summed E-state index contributed by atoms with van der Waals surface area (Å²) < 4.78 is 2.78. The maximum Gasteiger partial charge on any atom is 0.152 e. The van der Waals surface area contributed by atoms with E-state index >= 15 is 0 Å². The second-order valence-corrected chi connectivity index (χ2v) is 4.54. The SMILES string of the molecule is Cc1ncn(-c2ncc(Cl)cc2Br)c1C. The number of halogens is 2. The van der Waals surface area contributed by atoms with Crippen LogP contribution >= 0.6 is 27.5 Å². The number of nitrogens with zero attached hydrogens (tertiary/aromatic N) is 3. The number of pyridine rings is 1. The summed E-state index contributed by atoms with van der Waals surface area (Å²) in [5.74, 6) is 0.803. The fourth-order valence-electron chi connectivity index (χ4n) is 1.30. The first-order valence-corrected chi connectivity index (χ1v) is 5.58. The Hall–Kier alpha value is -0.870. The van der Waals surface area contributed by atoms with Crippen molar-refractivity contribution in [2.75, 3.05) is 0 Å². The molecule has 0 unspecified atom stereocenters. The summed E-state index contributed by atoms with van der Waals surface area (Å²) in [6.45, 7) is 3.97. The highest BCUT2D eigenvalue weighted by molar-refractivity contribution is 9.10. The minimum Gasteiger partial charge on any atom is -0.287 e. The van der Waals surface area contributed by atoms with E-state index in [1.54, 1.807) is 12.5 Å². The average Bonchev–Trinajstić information content (AvgIpc) is 2.49. The van der Waals surface area contributed by atoms with Crippen molar-refractivity contribution in [2.24, 2.45) is 0 Å². The van der Waals surface area contributed by atoms with Gasteiger partial charge in [-0.25, -0.2) is 9.97 Å². The molecular formula is C10H9BrClN3. The fourth-order valence-corrected chi connectivity index (χ4v) is 2.13. The zero-order chi connectivity index (χ0) is 11.0. The lowest BCUT2D eigenvalue weighted by Gasteiger charge is -2.06. The number of hydrogen-bond donors (Lipinski definition) is 0. The molecule has 0 atom stereocenters. The second kappa shape index (κ2) is 3.94. The maximum absolute atomic E-state index is 5.83. The lowest BCUT2D eigenvalue weighted by Crippen LogP contribution is -1.99. The highest BCUT2D eigenvalue weighted by Crippen LogP contribution is 2.23. The van der Waals surface area contributed by atoms with Crippen LogP contribution in [0.2, 0.25) is 5.02 Å². The van der Waals surface area contributed by atoms with E-state index in [2.05, 4.69) is 25.9 Å². The molecule has 0 bridgehead atoms. The molecule has 0 aliphatic rings. The van der Waals surface area contributed by atoms with Crippen molar-refractivity contribution in [2.45, 2.75) is 13.8 Å². The first-order chi connectivity index (χ1) is 7.09. The Labute approximate surface area is 101 Å². The van der Waals surface area contributed by atoms with Crippen LogP contribution in [0.3, 0.4) is 0 Å². The quantitative estimate of drug-likeness (QED) is 0.805. The molecule has 5 heteroatoms. The number of hydrogen-bond acceptors (Lipinski definition) is 2. The lowest BCUT2D eigenvalue weighted by molar-refractivity contribution is 0.943. The summed E-state index contributed by atoms with van der Waals surface area (Å²) >= 11 is 9.26. The van der Waals surface area contributed by atoms with Gasteiger partial charge in [-0.05, 0) is 35.8 Å². The van der Waals surface area contributed by atoms with Crippen molar-refractivity contribution >= 4 is 27.5 Å². The van der Waals surface area contributed by atoms with Crippen LogP contribution < -0.4 is 0 Å². The van der Waals surface area contributed by atoms with Crippen molar-refractivity contribution in [3.63, 3.8) is 0 Å². The van der Waals surface area contributed by atoms with E-state index in [0.717, 1.165) is 21.7 Å². The Morgan fingerprint density at radius 2 is 2.07 bits per heavy atom. The molecule has 0 N–H and O–H groups in total. The third kappa shape index (κ3) is 1.92. The van der Waals surface area contributed by atoms with E-state index in [4.69, 9.17) is 11.6 Å². The van der Waals surface area contributed by atoms with Gasteiger partial charge in [0, 0.05) is 11.9 Å². The van der Waals surface area contributed by atoms with E-state index in [9.17, 15) is 0 Å². The third-order valence-electron chi connectivity index (χ3n) is 2.27. The van der Waals surface area contributed by atoms with Gasteiger partial charge in [-0.3, -0.25) is 4.57 Å². The minimum absolute atomic E-state index is 0.611. The molecule has 2 aromatic rings. The summed E-state index contributed by atoms with van der Waals surface area (Å²) in [6.07, 6.45) is 3.38. The summed E-state index contributed by atoms with van der Waals surface area (Å²) in [5, 5.41) is 0.611. The number of aryl methyl sites for hydroxylation is 1. The number of imidazole rings is 1. The van der Waals surface area contributed by atoms with Gasteiger partial charge in [-0.2, -0.15) is 0 Å². The summed E-state index contributed by atoms with van der Waals surface area (Å²) in [6, 6.07) is 1.82. The summed E-state index contributed by atoms with van der Waals surface area (Å²) in [7, 11) is 0. The molecule has 2 rings (SSSR count). The van der Waals surface area contributed by atoms with Gasteiger partial charge in [0.25, 0.3) is 0 Å². The fraction of sp³-hybridized carbons (Fsp3) is 0.200. The van der Waals surface area contributed by atoms with Gasteiger partial charge in [0.1, 0.15) is 6.33 Å². The lowest BCUT2D eigenvalue weighted by atomic mass is 10.3. The molecule has 78 valence electrons. The van der Waals surface area contributed by atoms with E-state index in [0.29, 0.717) is 5.02 Å². The summed E-state index contributed by atoms with van der Waals surface area (Å²) in [4.78, 5) is 8.49. The standard InChI is InChI=1S/C10H9BrClN3/c1-6-7(2)15(5-14-6)10-9(11)3-8(12)4-13-10/h3-5H,1-2H3.